The number of aryl methyl sites for hydroxylation is 2. The summed E-state index contributed by atoms with van der Waals surface area (Å²) in [5.41, 5.74) is 4.39. The van der Waals surface area contributed by atoms with Crippen molar-refractivity contribution in [1.82, 2.24) is 24.5 Å². The largest absolute Gasteiger partial charge is 0.444 e. The van der Waals surface area contributed by atoms with Crippen LogP contribution in [0.3, 0.4) is 0 Å². The molecule has 0 atom stereocenters. The molecule has 5 aromatic rings. The summed E-state index contributed by atoms with van der Waals surface area (Å²) in [6.45, 7) is 4.34. The molecule has 156 valence electrons. The zero-order valence-corrected chi connectivity index (χ0v) is 18.3. The van der Waals surface area contributed by atoms with Crippen LogP contribution in [0.2, 0.25) is 5.02 Å². The number of anilines is 3. The first-order valence-electron chi connectivity index (χ1n) is 9.56. The van der Waals surface area contributed by atoms with Crippen molar-refractivity contribution in [2.45, 2.75) is 20.4 Å². The number of aromatic nitrogens is 5. The van der Waals surface area contributed by atoms with Crippen molar-refractivity contribution in [1.29, 1.82) is 0 Å². The molecule has 3 N–H and O–H groups in total. The predicted octanol–water partition coefficient (Wildman–Crippen LogP) is 5.70. The van der Waals surface area contributed by atoms with Gasteiger partial charge < -0.3 is 15.1 Å². The van der Waals surface area contributed by atoms with Gasteiger partial charge in [-0.15, -0.1) is 0 Å². The normalized spacial score (nSPS) is 11.2. The molecule has 0 aliphatic rings. The second kappa shape index (κ2) is 8.01. The van der Waals surface area contributed by atoms with Crippen LogP contribution in [0, 0.1) is 13.8 Å². The second-order valence-electron chi connectivity index (χ2n) is 6.98. The number of aromatic amines is 1. The van der Waals surface area contributed by atoms with Gasteiger partial charge in [0.15, 0.2) is 11.7 Å². The van der Waals surface area contributed by atoms with E-state index in [4.69, 9.17) is 16.0 Å². The number of halogens is 1. The lowest BCUT2D eigenvalue weighted by atomic mass is 10.2. The molecule has 0 amide bonds. The van der Waals surface area contributed by atoms with Gasteiger partial charge in [0, 0.05) is 35.1 Å². The third-order valence-electron chi connectivity index (χ3n) is 4.80. The SMILES string of the molecule is Cc1nc(C)c(CNc2cccc(-c3nsc(Nc4ccc5[nH]ncc5c4Cl)n3)c2)o1. The van der Waals surface area contributed by atoms with Crippen LogP contribution in [-0.2, 0) is 6.54 Å². The number of H-pyrrole nitrogens is 1. The number of benzene rings is 2. The molecule has 0 spiro atoms. The fourth-order valence-corrected chi connectivity index (χ4v) is 4.14. The Morgan fingerprint density at radius 2 is 2.06 bits per heavy atom. The number of hydrogen-bond acceptors (Lipinski definition) is 8. The highest BCUT2D eigenvalue weighted by Gasteiger charge is 2.12. The number of nitrogens with zero attached hydrogens (tertiary/aromatic N) is 4. The standard InChI is InChI=1S/C21H18ClN7OS/c1-11-18(30-12(2)25-11)10-23-14-5-3-4-13(8-14)20-27-21(31-29-20)26-17-7-6-16-15(19(17)22)9-24-28-16/h3-9,23H,10H2,1-2H3,(H,24,28)(H,26,27,29). The maximum absolute atomic E-state index is 6.49. The van der Waals surface area contributed by atoms with Crippen LogP contribution < -0.4 is 10.6 Å². The van der Waals surface area contributed by atoms with Gasteiger partial charge in [-0.25, -0.2) is 4.98 Å². The van der Waals surface area contributed by atoms with E-state index in [0.717, 1.165) is 39.3 Å². The highest BCUT2D eigenvalue weighted by Crippen LogP contribution is 2.33. The Bertz CT molecular complexity index is 1370. The van der Waals surface area contributed by atoms with Gasteiger partial charge in [0.25, 0.3) is 0 Å². The Hall–Kier alpha value is -3.43. The summed E-state index contributed by atoms with van der Waals surface area (Å²) in [4.78, 5) is 8.92. The number of hydrogen-bond donors (Lipinski definition) is 3. The van der Waals surface area contributed by atoms with Crippen molar-refractivity contribution in [2.24, 2.45) is 0 Å². The van der Waals surface area contributed by atoms with Crippen molar-refractivity contribution in [2.75, 3.05) is 10.6 Å². The van der Waals surface area contributed by atoms with Crippen molar-refractivity contribution in [3.05, 3.63) is 65.0 Å². The Labute approximate surface area is 186 Å². The Morgan fingerprint density at radius 1 is 1.16 bits per heavy atom. The molecule has 0 aliphatic heterocycles. The molecule has 10 heteroatoms. The number of fused-ring (bicyclic) bond motifs is 1. The molecule has 3 heterocycles. The highest BCUT2D eigenvalue weighted by molar-refractivity contribution is 7.10. The summed E-state index contributed by atoms with van der Waals surface area (Å²) in [5, 5.41) is 15.6. The molecule has 0 bridgehead atoms. The maximum atomic E-state index is 6.49. The molecule has 0 saturated carbocycles. The van der Waals surface area contributed by atoms with Crippen molar-refractivity contribution in [3.63, 3.8) is 0 Å². The minimum atomic E-state index is 0.558. The lowest BCUT2D eigenvalue weighted by Gasteiger charge is -2.06. The first-order chi connectivity index (χ1) is 15.1. The van der Waals surface area contributed by atoms with Crippen LogP contribution >= 0.6 is 23.1 Å². The molecule has 5 rings (SSSR count). The van der Waals surface area contributed by atoms with Crippen LogP contribution in [0.25, 0.3) is 22.3 Å². The summed E-state index contributed by atoms with van der Waals surface area (Å²) in [5.74, 6) is 2.14. The van der Waals surface area contributed by atoms with Crippen molar-refractivity contribution >= 4 is 50.5 Å². The van der Waals surface area contributed by atoms with Gasteiger partial charge in [-0.2, -0.15) is 14.5 Å². The lowest BCUT2D eigenvalue weighted by molar-refractivity contribution is 0.480. The topological polar surface area (TPSA) is 105 Å². The molecular weight excluding hydrogens is 434 g/mol. The van der Waals surface area contributed by atoms with Gasteiger partial charge in [-0.1, -0.05) is 23.7 Å². The summed E-state index contributed by atoms with van der Waals surface area (Å²) in [6.07, 6.45) is 1.70. The van der Waals surface area contributed by atoms with Crippen LogP contribution in [0.4, 0.5) is 16.5 Å². The van der Waals surface area contributed by atoms with E-state index in [-0.39, 0.29) is 0 Å². The van der Waals surface area contributed by atoms with Gasteiger partial charge in [0.05, 0.1) is 34.7 Å². The molecule has 0 unspecified atom stereocenters. The van der Waals surface area contributed by atoms with Crippen LogP contribution in [0.1, 0.15) is 17.3 Å². The highest BCUT2D eigenvalue weighted by atomic mass is 35.5. The average Bonchev–Trinajstić information content (AvgIpc) is 3.49. The van der Waals surface area contributed by atoms with Gasteiger partial charge in [-0.3, -0.25) is 5.10 Å². The average molecular weight is 452 g/mol. The number of oxazole rings is 1. The quantitative estimate of drug-likeness (QED) is 0.304. The fourth-order valence-electron chi connectivity index (χ4n) is 3.27. The smallest absolute Gasteiger partial charge is 0.207 e. The lowest BCUT2D eigenvalue weighted by Crippen LogP contribution is -2.00. The van der Waals surface area contributed by atoms with E-state index in [1.165, 1.54) is 11.5 Å². The molecule has 31 heavy (non-hydrogen) atoms. The Balaban J connectivity index is 1.32. The van der Waals surface area contributed by atoms with Gasteiger partial charge >= 0.3 is 0 Å². The van der Waals surface area contributed by atoms with Crippen LogP contribution in [0.5, 0.6) is 0 Å². The van der Waals surface area contributed by atoms with E-state index < -0.39 is 0 Å². The van der Waals surface area contributed by atoms with Gasteiger partial charge in [0.2, 0.25) is 5.13 Å². The minimum absolute atomic E-state index is 0.558. The monoisotopic (exact) mass is 451 g/mol. The first-order valence-corrected chi connectivity index (χ1v) is 10.7. The Morgan fingerprint density at radius 3 is 2.90 bits per heavy atom. The molecule has 0 fully saturated rings. The summed E-state index contributed by atoms with van der Waals surface area (Å²) < 4.78 is 10.1. The zero-order valence-electron chi connectivity index (χ0n) is 16.7. The summed E-state index contributed by atoms with van der Waals surface area (Å²) >= 11 is 7.77. The van der Waals surface area contributed by atoms with E-state index in [1.54, 1.807) is 6.20 Å². The molecule has 8 nitrogen and oxygen atoms in total. The van der Waals surface area contributed by atoms with E-state index in [2.05, 4.69) is 35.2 Å². The molecular formula is C21H18ClN7OS. The summed E-state index contributed by atoms with van der Waals surface area (Å²) in [6, 6.07) is 11.8. The molecule has 0 saturated heterocycles. The molecule has 0 radical (unpaired) electrons. The predicted molar refractivity (Wildman–Crippen MR) is 123 cm³/mol. The van der Waals surface area contributed by atoms with E-state index in [0.29, 0.717) is 28.4 Å². The molecule has 3 aromatic heterocycles. The van der Waals surface area contributed by atoms with E-state index >= 15 is 0 Å². The second-order valence-corrected chi connectivity index (χ2v) is 8.11. The first kappa shape index (κ1) is 19.5. The zero-order chi connectivity index (χ0) is 21.4. The maximum Gasteiger partial charge on any atom is 0.207 e. The fraction of sp³-hybridized carbons (Fsp3) is 0.143. The van der Waals surface area contributed by atoms with Crippen LogP contribution in [0.15, 0.2) is 47.0 Å². The number of rotatable bonds is 6. The van der Waals surface area contributed by atoms with E-state index in [9.17, 15) is 0 Å². The van der Waals surface area contributed by atoms with Crippen molar-refractivity contribution < 1.29 is 4.42 Å². The van der Waals surface area contributed by atoms with Gasteiger partial charge in [-0.05, 0) is 31.2 Å². The third kappa shape index (κ3) is 3.97. The molecule has 0 aliphatic carbocycles. The van der Waals surface area contributed by atoms with Crippen LogP contribution in [-0.4, -0.2) is 24.5 Å². The van der Waals surface area contributed by atoms with E-state index in [1.807, 2.05) is 50.2 Å². The number of nitrogens with one attached hydrogen (secondary N) is 3. The third-order valence-corrected chi connectivity index (χ3v) is 5.84. The van der Waals surface area contributed by atoms with Gasteiger partial charge in [0.1, 0.15) is 5.76 Å². The molecule has 2 aromatic carbocycles. The minimum Gasteiger partial charge on any atom is -0.444 e. The van der Waals surface area contributed by atoms with Crippen molar-refractivity contribution in [3.8, 4) is 11.4 Å². The Kier molecular flexibility index (Phi) is 5.05. The summed E-state index contributed by atoms with van der Waals surface area (Å²) in [7, 11) is 0.